The number of esters is 1. The first-order valence-corrected chi connectivity index (χ1v) is 6.01. The van der Waals surface area contributed by atoms with Gasteiger partial charge in [-0.05, 0) is 31.9 Å². The molecule has 1 atom stereocenters. The molecule has 1 saturated heterocycles. The predicted molar refractivity (Wildman–Crippen MR) is 68.4 cm³/mol. The van der Waals surface area contributed by atoms with Crippen LogP contribution in [0.15, 0.2) is 18.2 Å². The molecule has 1 aliphatic heterocycles. The van der Waals surface area contributed by atoms with Gasteiger partial charge in [0.2, 0.25) is 5.91 Å². The van der Waals surface area contributed by atoms with E-state index in [-0.39, 0.29) is 11.9 Å². The first-order chi connectivity index (χ1) is 8.54. The molecule has 1 aromatic rings. The van der Waals surface area contributed by atoms with Crippen molar-refractivity contribution >= 4 is 17.6 Å². The molecule has 4 nitrogen and oxygen atoms in total. The van der Waals surface area contributed by atoms with Crippen molar-refractivity contribution < 1.29 is 14.3 Å². The van der Waals surface area contributed by atoms with Gasteiger partial charge in [-0.25, -0.2) is 4.79 Å². The molecular formula is C14H17NO3. The number of aryl methyl sites for hydroxylation is 2. The number of rotatable bonds is 2. The summed E-state index contributed by atoms with van der Waals surface area (Å²) < 4.78 is 4.76. The van der Waals surface area contributed by atoms with E-state index in [4.69, 9.17) is 4.74 Å². The van der Waals surface area contributed by atoms with Crippen LogP contribution in [0.5, 0.6) is 0 Å². The molecule has 0 N–H and O–H groups in total. The van der Waals surface area contributed by atoms with E-state index in [1.807, 2.05) is 32.0 Å². The normalized spacial score (nSPS) is 19.2. The van der Waals surface area contributed by atoms with Gasteiger partial charge in [0.05, 0.1) is 7.11 Å². The fraction of sp³-hybridized carbons (Fsp3) is 0.429. The second-order valence-corrected chi connectivity index (χ2v) is 4.63. The summed E-state index contributed by atoms with van der Waals surface area (Å²) in [6.45, 7) is 3.95. The quantitative estimate of drug-likeness (QED) is 0.751. The Morgan fingerprint density at radius 3 is 2.72 bits per heavy atom. The van der Waals surface area contributed by atoms with Crippen LogP contribution in [0.3, 0.4) is 0 Å². The maximum absolute atomic E-state index is 12.0. The molecule has 0 radical (unpaired) electrons. The molecule has 1 unspecified atom stereocenters. The molecule has 4 heteroatoms. The Hall–Kier alpha value is -1.84. The van der Waals surface area contributed by atoms with Crippen LogP contribution in [-0.2, 0) is 14.3 Å². The van der Waals surface area contributed by atoms with E-state index >= 15 is 0 Å². The average molecular weight is 247 g/mol. The van der Waals surface area contributed by atoms with E-state index < -0.39 is 6.04 Å². The first-order valence-electron chi connectivity index (χ1n) is 6.01. The zero-order valence-corrected chi connectivity index (χ0v) is 10.9. The minimum atomic E-state index is -0.482. The van der Waals surface area contributed by atoms with Crippen LogP contribution in [0.4, 0.5) is 5.69 Å². The summed E-state index contributed by atoms with van der Waals surface area (Å²) in [5, 5.41) is 0. The summed E-state index contributed by atoms with van der Waals surface area (Å²) in [6, 6.07) is 5.37. The van der Waals surface area contributed by atoms with Crippen molar-refractivity contribution in [3.05, 3.63) is 29.3 Å². The lowest BCUT2D eigenvalue weighted by Crippen LogP contribution is -2.39. The lowest BCUT2D eigenvalue weighted by molar-refractivity contribution is -0.142. The highest BCUT2D eigenvalue weighted by Gasteiger charge is 2.38. The molecule has 0 saturated carbocycles. The summed E-state index contributed by atoms with van der Waals surface area (Å²) in [5.74, 6) is -0.363. The maximum Gasteiger partial charge on any atom is 0.328 e. The number of amides is 1. The van der Waals surface area contributed by atoms with E-state index in [2.05, 4.69) is 0 Å². The molecule has 1 aromatic carbocycles. The van der Waals surface area contributed by atoms with Crippen molar-refractivity contribution in [1.29, 1.82) is 0 Å². The molecule has 96 valence electrons. The third-order valence-corrected chi connectivity index (χ3v) is 3.30. The molecule has 1 fully saturated rings. The lowest BCUT2D eigenvalue weighted by Gasteiger charge is -2.24. The van der Waals surface area contributed by atoms with E-state index in [1.54, 1.807) is 4.90 Å². The van der Waals surface area contributed by atoms with Crippen molar-refractivity contribution in [3.8, 4) is 0 Å². The van der Waals surface area contributed by atoms with Crippen molar-refractivity contribution in [2.75, 3.05) is 12.0 Å². The van der Waals surface area contributed by atoms with Gasteiger partial charge in [0.25, 0.3) is 0 Å². The van der Waals surface area contributed by atoms with Gasteiger partial charge in [-0.2, -0.15) is 0 Å². The molecule has 0 aromatic heterocycles. The summed E-state index contributed by atoms with van der Waals surface area (Å²) >= 11 is 0. The van der Waals surface area contributed by atoms with Crippen molar-refractivity contribution in [2.24, 2.45) is 0 Å². The molecule has 0 spiro atoms. The molecule has 1 heterocycles. The van der Waals surface area contributed by atoms with Crippen LogP contribution in [0.25, 0.3) is 0 Å². The van der Waals surface area contributed by atoms with E-state index in [0.29, 0.717) is 12.8 Å². The van der Waals surface area contributed by atoms with Crippen LogP contribution in [0.1, 0.15) is 24.0 Å². The summed E-state index contributed by atoms with van der Waals surface area (Å²) in [4.78, 5) is 25.2. The van der Waals surface area contributed by atoms with Crippen LogP contribution >= 0.6 is 0 Å². The predicted octanol–water partition coefficient (Wildman–Crippen LogP) is 1.97. The van der Waals surface area contributed by atoms with Gasteiger partial charge in [-0.15, -0.1) is 0 Å². The number of anilines is 1. The maximum atomic E-state index is 12.0. The van der Waals surface area contributed by atoms with E-state index in [0.717, 1.165) is 16.8 Å². The zero-order chi connectivity index (χ0) is 13.3. The van der Waals surface area contributed by atoms with E-state index in [1.165, 1.54) is 7.11 Å². The summed E-state index contributed by atoms with van der Waals surface area (Å²) in [5.41, 5.74) is 2.94. The Balaban J connectivity index is 2.39. The second kappa shape index (κ2) is 4.80. The van der Waals surface area contributed by atoms with Gasteiger partial charge in [0.15, 0.2) is 0 Å². The number of nitrogens with zero attached hydrogens (tertiary/aromatic N) is 1. The average Bonchev–Trinajstić information content (AvgIpc) is 2.70. The Bertz CT molecular complexity index is 496. The Morgan fingerprint density at radius 1 is 1.39 bits per heavy atom. The van der Waals surface area contributed by atoms with Gasteiger partial charge in [0.1, 0.15) is 6.04 Å². The summed E-state index contributed by atoms with van der Waals surface area (Å²) in [6.07, 6.45) is 0.923. The minimum absolute atomic E-state index is 0.0163. The number of hydrogen-bond donors (Lipinski definition) is 0. The number of ether oxygens (including phenoxy) is 1. The van der Waals surface area contributed by atoms with Gasteiger partial charge in [-0.1, -0.05) is 17.7 Å². The van der Waals surface area contributed by atoms with Gasteiger partial charge in [0, 0.05) is 12.1 Å². The third-order valence-electron chi connectivity index (χ3n) is 3.30. The van der Waals surface area contributed by atoms with Crippen molar-refractivity contribution in [3.63, 3.8) is 0 Å². The Morgan fingerprint density at radius 2 is 2.11 bits per heavy atom. The number of benzene rings is 1. The third kappa shape index (κ3) is 2.10. The largest absolute Gasteiger partial charge is 0.467 e. The molecule has 1 amide bonds. The van der Waals surface area contributed by atoms with Crippen LogP contribution in [0.2, 0.25) is 0 Å². The number of carbonyl (C=O) groups excluding carboxylic acids is 2. The Kier molecular flexibility index (Phi) is 3.36. The highest BCUT2D eigenvalue weighted by atomic mass is 16.5. The molecule has 1 aliphatic rings. The fourth-order valence-electron chi connectivity index (χ4n) is 2.42. The second-order valence-electron chi connectivity index (χ2n) is 4.63. The van der Waals surface area contributed by atoms with Crippen LogP contribution in [0, 0.1) is 13.8 Å². The van der Waals surface area contributed by atoms with Gasteiger partial charge in [-0.3, -0.25) is 9.69 Å². The monoisotopic (exact) mass is 247 g/mol. The molecule has 18 heavy (non-hydrogen) atoms. The molecule has 2 rings (SSSR count). The highest BCUT2D eigenvalue weighted by Crippen LogP contribution is 2.30. The van der Waals surface area contributed by atoms with E-state index in [9.17, 15) is 9.59 Å². The number of methoxy groups -OCH3 is 1. The lowest BCUT2D eigenvalue weighted by atomic mass is 10.1. The SMILES string of the molecule is COC(=O)C1CCC(=O)N1c1ccc(C)cc1C. The molecule has 0 bridgehead atoms. The Labute approximate surface area is 107 Å². The first kappa shape index (κ1) is 12.6. The van der Waals surface area contributed by atoms with Crippen molar-refractivity contribution in [2.45, 2.75) is 32.7 Å². The fourth-order valence-corrected chi connectivity index (χ4v) is 2.42. The topological polar surface area (TPSA) is 46.6 Å². The minimum Gasteiger partial charge on any atom is -0.467 e. The number of carbonyl (C=O) groups is 2. The standard InChI is InChI=1S/C14H17NO3/c1-9-4-5-11(10(2)8-9)15-12(14(17)18-3)6-7-13(15)16/h4-5,8,12H,6-7H2,1-3H3. The smallest absolute Gasteiger partial charge is 0.328 e. The van der Waals surface area contributed by atoms with Gasteiger partial charge < -0.3 is 4.74 Å². The van der Waals surface area contributed by atoms with Crippen molar-refractivity contribution in [1.82, 2.24) is 0 Å². The van der Waals surface area contributed by atoms with Gasteiger partial charge >= 0.3 is 5.97 Å². The summed E-state index contributed by atoms with van der Waals surface area (Å²) in [7, 11) is 1.35. The zero-order valence-electron chi connectivity index (χ0n) is 10.9. The molecule has 0 aliphatic carbocycles. The van der Waals surface area contributed by atoms with Crippen LogP contribution in [-0.4, -0.2) is 25.0 Å². The van der Waals surface area contributed by atoms with Crippen LogP contribution < -0.4 is 4.90 Å². The number of hydrogen-bond acceptors (Lipinski definition) is 3. The highest BCUT2D eigenvalue weighted by molar-refractivity contribution is 6.03. The molecular weight excluding hydrogens is 230 g/mol.